The van der Waals surface area contributed by atoms with Gasteiger partial charge in [-0.3, -0.25) is 14.5 Å². The zero-order valence-electron chi connectivity index (χ0n) is 20.6. The molecule has 0 aromatic heterocycles. The summed E-state index contributed by atoms with van der Waals surface area (Å²) in [6.45, 7) is -1.30. The molecule has 3 aliphatic heterocycles. The average molecular weight is 563 g/mol. The second kappa shape index (κ2) is 11.1. The van der Waals surface area contributed by atoms with E-state index in [0.29, 0.717) is 5.56 Å². The number of fused-ring (bicyclic) bond motifs is 1. The van der Waals surface area contributed by atoms with Crippen molar-refractivity contribution >= 4 is 23.6 Å². The van der Waals surface area contributed by atoms with E-state index in [1.54, 1.807) is 60.7 Å². The monoisotopic (exact) mass is 562 g/mol. The van der Waals surface area contributed by atoms with Gasteiger partial charge in [-0.2, -0.15) is 0 Å². The number of ether oxygens (including phenoxy) is 2. The van der Waals surface area contributed by atoms with Crippen molar-refractivity contribution in [2.24, 2.45) is 0 Å². The molecule has 2 amide bonds. The predicted molar refractivity (Wildman–Crippen MR) is 136 cm³/mol. The Morgan fingerprint density at radius 1 is 0.846 bits per heavy atom. The number of hydrogen-bond acceptors (Lipinski definition) is 11. The number of nitrogens with one attached hydrogen (secondary N) is 1. The summed E-state index contributed by atoms with van der Waals surface area (Å²) >= 11 is 0.785. The van der Waals surface area contributed by atoms with Gasteiger partial charge in [-0.15, -0.1) is 0 Å². The van der Waals surface area contributed by atoms with Gasteiger partial charge >= 0.3 is 0 Å². The lowest BCUT2D eigenvalue weighted by Gasteiger charge is -2.44. The van der Waals surface area contributed by atoms with Crippen LogP contribution in [0, 0.1) is 0 Å². The van der Waals surface area contributed by atoms with Crippen LogP contribution in [0.4, 0.5) is 0 Å². The van der Waals surface area contributed by atoms with Crippen LogP contribution in [-0.4, -0.2) is 120 Å². The maximum absolute atomic E-state index is 13.1. The van der Waals surface area contributed by atoms with E-state index in [0.717, 1.165) is 16.7 Å². The van der Waals surface area contributed by atoms with Gasteiger partial charge in [-0.1, -0.05) is 48.2 Å². The number of carbonyl (C=O) groups excluding carboxylic acids is 2. The molecule has 3 fully saturated rings. The fourth-order valence-electron chi connectivity index (χ4n) is 5.18. The first-order chi connectivity index (χ1) is 18.7. The molecule has 6 unspecified atom stereocenters. The van der Waals surface area contributed by atoms with Gasteiger partial charge < -0.3 is 45.4 Å². The van der Waals surface area contributed by atoms with Crippen molar-refractivity contribution in [2.75, 3.05) is 13.2 Å². The van der Waals surface area contributed by atoms with Crippen LogP contribution in [0.15, 0.2) is 60.7 Å². The molecule has 3 aliphatic rings. The molecule has 2 aromatic rings. The topological polar surface area (TPSA) is 189 Å². The molecule has 0 aliphatic carbocycles. The molecule has 7 N–H and O–H groups in total. The number of nitrogens with zero attached hydrogens (tertiary/aromatic N) is 1. The molecule has 12 nitrogen and oxygen atoms in total. The Kier molecular flexibility index (Phi) is 7.97. The van der Waals surface area contributed by atoms with Gasteiger partial charge in [0.1, 0.15) is 47.4 Å². The van der Waals surface area contributed by atoms with E-state index >= 15 is 0 Å². The van der Waals surface area contributed by atoms with Gasteiger partial charge in [0, 0.05) is 11.1 Å². The summed E-state index contributed by atoms with van der Waals surface area (Å²) in [6.07, 6.45) is -6.88. The summed E-state index contributed by atoms with van der Waals surface area (Å²) in [5.41, 5.74) is -3.79. The van der Waals surface area contributed by atoms with Crippen LogP contribution in [0.25, 0.3) is 0 Å². The lowest BCUT2D eigenvalue weighted by molar-refractivity contribution is -0.170. The fourth-order valence-corrected chi connectivity index (χ4v) is 6.49. The maximum Gasteiger partial charge on any atom is 0.256 e. The Hall–Kier alpha value is -2.59. The number of thioether (sulfide) groups is 1. The molecule has 5 rings (SSSR count). The van der Waals surface area contributed by atoms with Gasteiger partial charge in [0.2, 0.25) is 0 Å². The molecule has 2 aromatic carbocycles. The van der Waals surface area contributed by atoms with Crippen molar-refractivity contribution in [2.45, 2.75) is 59.2 Å². The molecular formula is C26H30N2O10S. The highest BCUT2D eigenvalue weighted by Crippen LogP contribution is 2.52. The molecule has 10 atom stereocenters. The van der Waals surface area contributed by atoms with Gasteiger partial charge in [0.05, 0.1) is 19.3 Å². The smallest absolute Gasteiger partial charge is 0.256 e. The Morgan fingerprint density at radius 2 is 1.44 bits per heavy atom. The number of amides is 2. The Bertz CT molecular complexity index is 1170. The fraction of sp³-hybridized carbons (Fsp3) is 0.462. The highest BCUT2D eigenvalue weighted by molar-refractivity contribution is 8.00. The minimum atomic E-state index is -1.94. The third-order valence-electron chi connectivity index (χ3n) is 7.30. The van der Waals surface area contributed by atoms with Crippen molar-refractivity contribution in [1.82, 2.24) is 10.2 Å². The summed E-state index contributed by atoms with van der Waals surface area (Å²) in [6, 6.07) is 14.0. The Balaban J connectivity index is 1.33. The third kappa shape index (κ3) is 4.94. The summed E-state index contributed by atoms with van der Waals surface area (Å²) < 4.78 is 11.4. The number of rotatable bonds is 7. The lowest BCUT2D eigenvalue weighted by Crippen LogP contribution is -2.64. The Morgan fingerprint density at radius 3 is 2.03 bits per heavy atom. The van der Waals surface area contributed by atoms with Crippen molar-refractivity contribution in [3.8, 4) is 0 Å². The van der Waals surface area contributed by atoms with Crippen LogP contribution in [0.2, 0.25) is 0 Å². The predicted octanol–water partition coefficient (Wildman–Crippen LogP) is -1.75. The van der Waals surface area contributed by atoms with Crippen LogP contribution >= 0.6 is 11.8 Å². The van der Waals surface area contributed by atoms with E-state index in [-0.39, 0.29) is 5.56 Å². The number of carbonyl (C=O) groups is 2. The minimum absolute atomic E-state index is 0.274. The summed E-state index contributed by atoms with van der Waals surface area (Å²) in [5, 5.41) is 66.3. The molecule has 210 valence electrons. The van der Waals surface area contributed by atoms with Crippen LogP contribution in [-0.2, 0) is 9.47 Å². The van der Waals surface area contributed by atoms with Crippen molar-refractivity contribution < 1.29 is 49.7 Å². The summed E-state index contributed by atoms with van der Waals surface area (Å²) in [4.78, 5) is 26.8. The highest BCUT2D eigenvalue weighted by atomic mass is 32.2. The average Bonchev–Trinajstić information content (AvgIpc) is 3.61. The van der Waals surface area contributed by atoms with Crippen molar-refractivity contribution in [3.05, 3.63) is 71.8 Å². The molecule has 3 saturated heterocycles. The van der Waals surface area contributed by atoms with Gasteiger partial charge in [-0.25, -0.2) is 0 Å². The molecule has 3 heterocycles. The molecule has 0 radical (unpaired) electrons. The standard InChI is InChI=1S/C26H30N2O10S/c29-11-15-18(31)17(27-22(34)13-7-3-1-4-8-13)19(32)24(37-15)39-25-20(33)21-26(36,16(12-30)38-25)28(21)23(35)14-9-5-2-6-10-14/h1-10,15-21,24-25,29-33,36H,11-12H2,(H,27,34)/t15?,16-,17?,18+,19?,20-,21?,24+,25?,26?,28?/m1/s1. The zero-order chi connectivity index (χ0) is 27.9. The van der Waals surface area contributed by atoms with E-state index in [4.69, 9.17) is 9.47 Å². The van der Waals surface area contributed by atoms with Crippen LogP contribution in [0.5, 0.6) is 0 Å². The second-order valence-corrected chi connectivity index (χ2v) is 10.8. The first kappa shape index (κ1) is 28.0. The molecular weight excluding hydrogens is 532 g/mol. The number of aliphatic hydroxyl groups excluding tert-OH is 5. The number of aliphatic hydroxyl groups is 6. The van der Waals surface area contributed by atoms with E-state index < -0.39 is 84.2 Å². The quantitative estimate of drug-likeness (QED) is 0.190. The number of benzene rings is 2. The largest absolute Gasteiger partial charge is 0.394 e. The second-order valence-electron chi connectivity index (χ2n) is 9.64. The molecule has 13 heteroatoms. The van der Waals surface area contributed by atoms with Crippen LogP contribution in [0.3, 0.4) is 0 Å². The third-order valence-corrected chi connectivity index (χ3v) is 8.61. The first-order valence-electron chi connectivity index (χ1n) is 12.4. The molecule has 0 saturated carbocycles. The van der Waals surface area contributed by atoms with Gasteiger partial charge in [0.25, 0.3) is 11.8 Å². The maximum atomic E-state index is 13.1. The molecule has 39 heavy (non-hydrogen) atoms. The van der Waals surface area contributed by atoms with Crippen LogP contribution < -0.4 is 5.32 Å². The normalized spacial score (nSPS) is 37.6. The van der Waals surface area contributed by atoms with Crippen LogP contribution in [0.1, 0.15) is 20.7 Å². The zero-order valence-corrected chi connectivity index (χ0v) is 21.4. The van der Waals surface area contributed by atoms with Gasteiger partial charge in [-0.05, 0) is 24.3 Å². The SMILES string of the molecule is O=C(NC1C(O)[C@H](SC2O[C@H](CO)C3(O)C([C@H]2O)N3C(=O)c2ccccc2)OC(CO)[C@@H]1O)c1ccccc1. The summed E-state index contributed by atoms with van der Waals surface area (Å²) in [7, 11) is 0. The summed E-state index contributed by atoms with van der Waals surface area (Å²) in [5.74, 6) is -1.12. The number of hydrogen-bond donors (Lipinski definition) is 7. The first-order valence-corrected chi connectivity index (χ1v) is 13.4. The van der Waals surface area contributed by atoms with Gasteiger partial charge in [0.15, 0.2) is 5.72 Å². The van der Waals surface area contributed by atoms with E-state index in [1.165, 1.54) is 0 Å². The molecule has 0 bridgehead atoms. The van der Waals surface area contributed by atoms with Crippen molar-refractivity contribution in [1.29, 1.82) is 0 Å². The minimum Gasteiger partial charge on any atom is -0.394 e. The lowest BCUT2D eigenvalue weighted by atomic mass is 9.97. The van der Waals surface area contributed by atoms with Crippen molar-refractivity contribution in [3.63, 3.8) is 0 Å². The van der Waals surface area contributed by atoms with E-state index in [9.17, 15) is 40.2 Å². The van der Waals surface area contributed by atoms with E-state index in [2.05, 4.69) is 5.32 Å². The molecule has 0 spiro atoms. The highest BCUT2D eigenvalue weighted by Gasteiger charge is 2.76. The Labute approximate surface area is 227 Å². The van der Waals surface area contributed by atoms with E-state index in [1.807, 2.05) is 0 Å².